The second kappa shape index (κ2) is 4.54. The van der Waals surface area contributed by atoms with Gasteiger partial charge in [0.2, 0.25) is 5.95 Å². The fourth-order valence-corrected chi connectivity index (χ4v) is 2.88. The Balaban J connectivity index is 2.45. The summed E-state index contributed by atoms with van der Waals surface area (Å²) in [5.74, 6) is 0.219. The van der Waals surface area contributed by atoms with E-state index in [4.69, 9.17) is 0 Å². The number of nitrogens with one attached hydrogen (secondary N) is 1. The zero-order valence-electron chi connectivity index (χ0n) is 9.24. The van der Waals surface area contributed by atoms with Gasteiger partial charge in [-0.15, -0.1) is 0 Å². The lowest BCUT2D eigenvalue weighted by atomic mass is 10.4. The van der Waals surface area contributed by atoms with Gasteiger partial charge >= 0.3 is 0 Å². The Morgan fingerprint density at radius 2 is 2.00 bits per heavy atom. The van der Waals surface area contributed by atoms with Crippen LogP contribution in [0.15, 0.2) is 41.6 Å². The van der Waals surface area contributed by atoms with Crippen LogP contribution in [0.1, 0.15) is 6.92 Å². The average molecular weight is 252 g/mol. The largest absolute Gasteiger partial charge is 0.266 e. The monoisotopic (exact) mass is 252 g/mol. The molecule has 6 nitrogen and oxygen atoms in total. The fraction of sp³-hybridized carbons (Fsp3) is 0.200. The van der Waals surface area contributed by atoms with Crippen molar-refractivity contribution in [3.63, 3.8) is 0 Å². The first-order chi connectivity index (χ1) is 8.16. The summed E-state index contributed by atoms with van der Waals surface area (Å²) in [6, 6.07) is 8.23. The topological polar surface area (TPSA) is 79.0 Å². The number of hydrogen-bond donors (Lipinski definition) is 1. The van der Waals surface area contributed by atoms with Crippen LogP contribution >= 0.6 is 0 Å². The number of nitrogens with zero attached hydrogens (tertiary/aromatic N) is 3. The van der Waals surface area contributed by atoms with E-state index in [1.807, 2.05) is 0 Å². The molecule has 0 amide bonds. The third kappa shape index (κ3) is 2.14. The number of aromatic nitrogens is 3. The smallest absolute Gasteiger partial charge is 0.245 e. The van der Waals surface area contributed by atoms with Gasteiger partial charge in [0.1, 0.15) is 6.33 Å². The molecule has 0 unspecified atom stereocenters. The number of anilines is 1. The molecule has 0 bridgehead atoms. The number of benzene rings is 1. The highest BCUT2D eigenvalue weighted by molar-refractivity contribution is 7.92. The first-order valence-corrected chi connectivity index (χ1v) is 6.53. The van der Waals surface area contributed by atoms with Gasteiger partial charge in [-0.2, -0.15) is 10.1 Å². The van der Waals surface area contributed by atoms with Crippen molar-refractivity contribution in [3.05, 3.63) is 36.7 Å². The van der Waals surface area contributed by atoms with Crippen molar-refractivity contribution in [1.82, 2.24) is 15.2 Å². The van der Waals surface area contributed by atoms with Gasteiger partial charge in [0, 0.05) is 6.54 Å². The van der Waals surface area contributed by atoms with E-state index in [9.17, 15) is 8.42 Å². The van der Waals surface area contributed by atoms with Crippen LogP contribution in [0.5, 0.6) is 0 Å². The van der Waals surface area contributed by atoms with E-state index in [0.29, 0.717) is 0 Å². The maximum atomic E-state index is 12.3. The Morgan fingerprint density at radius 3 is 2.53 bits per heavy atom. The molecule has 0 aliphatic carbocycles. The van der Waals surface area contributed by atoms with Gasteiger partial charge in [-0.3, -0.25) is 0 Å². The molecule has 0 aliphatic heterocycles. The van der Waals surface area contributed by atoms with E-state index in [1.54, 1.807) is 37.3 Å². The van der Waals surface area contributed by atoms with Gasteiger partial charge in [-0.25, -0.2) is 17.8 Å². The Kier molecular flexibility index (Phi) is 3.10. The maximum Gasteiger partial charge on any atom is 0.266 e. The second-order valence-electron chi connectivity index (χ2n) is 3.29. The highest BCUT2D eigenvalue weighted by atomic mass is 32.2. The first kappa shape index (κ1) is 11.6. The predicted octanol–water partition coefficient (Wildman–Crippen LogP) is 1.02. The summed E-state index contributed by atoms with van der Waals surface area (Å²) < 4.78 is 25.8. The minimum absolute atomic E-state index is 0.219. The summed E-state index contributed by atoms with van der Waals surface area (Å²) in [4.78, 5) is 4.09. The van der Waals surface area contributed by atoms with E-state index in [0.717, 1.165) is 0 Å². The van der Waals surface area contributed by atoms with Crippen LogP contribution in [0, 0.1) is 0 Å². The minimum atomic E-state index is -3.57. The van der Waals surface area contributed by atoms with Gasteiger partial charge in [0.05, 0.1) is 4.90 Å². The standard InChI is InChI=1S/C10H12N4O2S/c1-2-14(10-11-8-12-13-10)17(15,16)9-6-4-3-5-7-9/h3-8H,2H2,1H3,(H,11,12,13). The molecule has 1 aromatic carbocycles. The van der Waals surface area contributed by atoms with Crippen molar-refractivity contribution in [2.45, 2.75) is 11.8 Å². The van der Waals surface area contributed by atoms with Crippen molar-refractivity contribution < 1.29 is 8.42 Å². The summed E-state index contributed by atoms with van der Waals surface area (Å²) in [7, 11) is -3.57. The molecule has 90 valence electrons. The number of hydrogen-bond acceptors (Lipinski definition) is 4. The zero-order valence-corrected chi connectivity index (χ0v) is 10.1. The third-order valence-corrected chi connectivity index (χ3v) is 4.14. The highest BCUT2D eigenvalue weighted by Gasteiger charge is 2.24. The SMILES string of the molecule is CCN(c1ncn[nH]1)S(=O)(=O)c1ccccc1. The van der Waals surface area contributed by atoms with E-state index < -0.39 is 10.0 Å². The zero-order chi connectivity index (χ0) is 12.3. The van der Waals surface area contributed by atoms with Gasteiger partial charge in [-0.05, 0) is 19.1 Å². The summed E-state index contributed by atoms with van der Waals surface area (Å²) in [5, 5.41) is 6.21. The third-order valence-electron chi connectivity index (χ3n) is 2.26. The lowest BCUT2D eigenvalue weighted by molar-refractivity contribution is 0.590. The van der Waals surface area contributed by atoms with Crippen LogP contribution in [-0.4, -0.2) is 30.1 Å². The molecular formula is C10H12N4O2S. The van der Waals surface area contributed by atoms with Gasteiger partial charge in [-0.1, -0.05) is 18.2 Å². The Labute approximate surface area is 99.4 Å². The molecule has 0 fully saturated rings. The molecular weight excluding hydrogens is 240 g/mol. The normalized spacial score (nSPS) is 11.4. The summed E-state index contributed by atoms with van der Waals surface area (Å²) >= 11 is 0. The molecule has 0 atom stereocenters. The number of H-pyrrole nitrogens is 1. The Bertz CT molecular complexity index is 566. The number of rotatable bonds is 4. The molecule has 2 aromatic rings. The van der Waals surface area contributed by atoms with Crippen LogP contribution in [0.3, 0.4) is 0 Å². The average Bonchev–Trinajstić information content (AvgIpc) is 2.84. The molecule has 1 aromatic heterocycles. The molecule has 7 heteroatoms. The molecule has 0 aliphatic rings. The Hall–Kier alpha value is -1.89. The molecule has 0 spiro atoms. The molecule has 0 saturated carbocycles. The predicted molar refractivity (Wildman–Crippen MR) is 63.0 cm³/mol. The molecule has 1 N–H and O–H groups in total. The summed E-state index contributed by atoms with van der Waals surface area (Å²) in [6.07, 6.45) is 1.28. The van der Waals surface area contributed by atoms with E-state index in [2.05, 4.69) is 15.2 Å². The Morgan fingerprint density at radius 1 is 1.29 bits per heavy atom. The lowest BCUT2D eigenvalue weighted by Gasteiger charge is -2.19. The summed E-state index contributed by atoms with van der Waals surface area (Å²) in [5.41, 5.74) is 0. The summed E-state index contributed by atoms with van der Waals surface area (Å²) in [6.45, 7) is 2.02. The van der Waals surface area contributed by atoms with Gasteiger partial charge < -0.3 is 0 Å². The molecule has 0 radical (unpaired) electrons. The van der Waals surface area contributed by atoms with E-state index >= 15 is 0 Å². The molecule has 17 heavy (non-hydrogen) atoms. The van der Waals surface area contributed by atoms with Crippen LogP contribution in [0.4, 0.5) is 5.95 Å². The van der Waals surface area contributed by atoms with Crippen molar-refractivity contribution in [3.8, 4) is 0 Å². The molecule has 0 saturated heterocycles. The highest BCUT2D eigenvalue weighted by Crippen LogP contribution is 2.18. The van der Waals surface area contributed by atoms with Crippen molar-refractivity contribution in [2.24, 2.45) is 0 Å². The van der Waals surface area contributed by atoms with Crippen LogP contribution in [0.2, 0.25) is 0 Å². The maximum absolute atomic E-state index is 12.3. The number of aromatic amines is 1. The first-order valence-electron chi connectivity index (χ1n) is 5.09. The number of sulfonamides is 1. The van der Waals surface area contributed by atoms with Crippen LogP contribution in [0.25, 0.3) is 0 Å². The van der Waals surface area contributed by atoms with Gasteiger partial charge in [0.25, 0.3) is 10.0 Å². The quantitative estimate of drug-likeness (QED) is 0.881. The van der Waals surface area contributed by atoms with E-state index in [1.165, 1.54) is 10.6 Å². The fourth-order valence-electron chi connectivity index (χ4n) is 1.47. The second-order valence-corrected chi connectivity index (χ2v) is 5.15. The molecule has 1 heterocycles. The lowest BCUT2D eigenvalue weighted by Crippen LogP contribution is -2.31. The van der Waals surface area contributed by atoms with Crippen molar-refractivity contribution >= 4 is 16.0 Å². The molecule has 2 rings (SSSR count). The van der Waals surface area contributed by atoms with Crippen LogP contribution in [-0.2, 0) is 10.0 Å². The minimum Gasteiger partial charge on any atom is -0.245 e. The van der Waals surface area contributed by atoms with Gasteiger partial charge in [0.15, 0.2) is 0 Å². The van der Waals surface area contributed by atoms with Crippen molar-refractivity contribution in [2.75, 3.05) is 10.8 Å². The van der Waals surface area contributed by atoms with Crippen molar-refractivity contribution in [1.29, 1.82) is 0 Å². The van der Waals surface area contributed by atoms with E-state index in [-0.39, 0.29) is 17.4 Å². The van der Waals surface area contributed by atoms with Crippen LogP contribution < -0.4 is 4.31 Å².